The molecule has 0 heterocycles. The number of Topliss-reactive ketones (excluding diaryl/α,β-unsaturated/α-hetero) is 1. The number of nitro benzene ring substituents is 1. The minimum absolute atomic E-state index is 0.219. The molecule has 0 aliphatic rings. The van der Waals surface area contributed by atoms with Crippen LogP contribution in [-0.2, 0) is 14.8 Å². The summed E-state index contributed by atoms with van der Waals surface area (Å²) in [6, 6.07) is 2.33. The number of hydrogen-bond donors (Lipinski definition) is 1. The second-order valence-electron chi connectivity index (χ2n) is 4.17. The van der Waals surface area contributed by atoms with Gasteiger partial charge >= 0.3 is 0 Å². The molecule has 0 radical (unpaired) electrons. The normalized spacial score (nSPS) is 11.3. The molecule has 1 aromatic rings. The van der Waals surface area contributed by atoms with Crippen LogP contribution in [-0.4, -0.2) is 25.7 Å². The third-order valence-electron chi connectivity index (χ3n) is 2.63. The third-order valence-corrected chi connectivity index (χ3v) is 4.01. The predicted molar refractivity (Wildman–Crippen MR) is 68.4 cm³/mol. The summed E-state index contributed by atoms with van der Waals surface area (Å²) in [4.78, 5) is 20.8. The molecule has 0 fully saturated rings. The van der Waals surface area contributed by atoms with Gasteiger partial charge in [-0.25, -0.2) is 13.1 Å². The van der Waals surface area contributed by atoms with Crippen molar-refractivity contribution in [1.29, 1.82) is 0 Å². The van der Waals surface area contributed by atoms with Crippen LogP contribution in [0.15, 0.2) is 17.0 Å². The van der Waals surface area contributed by atoms with Gasteiger partial charge in [-0.3, -0.25) is 14.9 Å². The predicted octanol–water partition coefficient (Wildman–Crippen LogP) is 1.08. The summed E-state index contributed by atoms with van der Waals surface area (Å²) in [5, 5.41) is 10.9. The van der Waals surface area contributed by atoms with Crippen molar-refractivity contribution >= 4 is 21.5 Å². The van der Waals surface area contributed by atoms with Crippen molar-refractivity contribution in [3.05, 3.63) is 33.4 Å². The first-order valence-electron chi connectivity index (χ1n) is 5.40. The van der Waals surface area contributed by atoms with Crippen molar-refractivity contribution in [3.63, 3.8) is 0 Å². The number of carbonyl (C=O) groups excluding carboxylic acids is 1. The van der Waals surface area contributed by atoms with E-state index in [9.17, 15) is 23.3 Å². The molecule has 0 saturated heterocycles. The molecule has 8 heteroatoms. The lowest BCUT2D eigenvalue weighted by molar-refractivity contribution is -0.385. The molecule has 0 aliphatic carbocycles. The zero-order chi connectivity index (χ0) is 14.8. The molecular weight excluding hydrogens is 272 g/mol. The molecule has 1 aromatic carbocycles. The van der Waals surface area contributed by atoms with Gasteiger partial charge in [0.25, 0.3) is 5.69 Å². The largest absolute Gasteiger partial charge is 0.299 e. The van der Waals surface area contributed by atoms with E-state index >= 15 is 0 Å². The van der Waals surface area contributed by atoms with Gasteiger partial charge in [0, 0.05) is 11.6 Å². The number of benzene rings is 1. The van der Waals surface area contributed by atoms with Crippen molar-refractivity contribution < 1.29 is 18.1 Å². The second kappa shape index (κ2) is 5.45. The average molecular weight is 286 g/mol. The van der Waals surface area contributed by atoms with Crippen molar-refractivity contribution in [2.45, 2.75) is 25.7 Å². The average Bonchev–Trinajstić information content (AvgIpc) is 2.29. The SMILES string of the molecule is CC(=O)CNS(=O)(=O)c1cc(C)c(C)c([N+](=O)[O-])c1. The van der Waals surface area contributed by atoms with E-state index in [1.807, 2.05) is 0 Å². The van der Waals surface area contributed by atoms with E-state index in [0.717, 1.165) is 6.07 Å². The summed E-state index contributed by atoms with van der Waals surface area (Å²) in [5.41, 5.74) is 0.649. The Hall–Kier alpha value is -1.80. The van der Waals surface area contributed by atoms with Gasteiger partial charge < -0.3 is 0 Å². The van der Waals surface area contributed by atoms with Crippen LogP contribution >= 0.6 is 0 Å². The Labute approximate surface area is 110 Å². The zero-order valence-corrected chi connectivity index (χ0v) is 11.6. The standard InChI is InChI=1S/C11H14N2O5S/c1-7-4-10(5-11(9(7)3)13(15)16)19(17,18)12-6-8(2)14/h4-5,12H,6H2,1-3H3. The summed E-state index contributed by atoms with van der Waals surface area (Å²) < 4.78 is 25.9. The number of nitrogens with zero attached hydrogens (tertiary/aromatic N) is 1. The Morgan fingerprint density at radius 1 is 1.37 bits per heavy atom. The van der Waals surface area contributed by atoms with Crippen LogP contribution in [0.1, 0.15) is 18.1 Å². The molecule has 0 aliphatic heterocycles. The van der Waals surface area contributed by atoms with Gasteiger partial charge in [-0.1, -0.05) is 0 Å². The van der Waals surface area contributed by atoms with Crippen LogP contribution < -0.4 is 4.72 Å². The molecule has 0 amide bonds. The number of rotatable bonds is 5. The Morgan fingerprint density at radius 3 is 2.42 bits per heavy atom. The van der Waals surface area contributed by atoms with E-state index in [4.69, 9.17) is 0 Å². The summed E-state index contributed by atoms with van der Waals surface area (Å²) in [5.74, 6) is -0.345. The maximum atomic E-state index is 11.9. The minimum atomic E-state index is -3.93. The number of nitrogens with one attached hydrogen (secondary N) is 1. The summed E-state index contributed by atoms with van der Waals surface area (Å²) in [6.07, 6.45) is 0. The lowest BCUT2D eigenvalue weighted by Crippen LogP contribution is -2.28. The topological polar surface area (TPSA) is 106 Å². The fourth-order valence-corrected chi connectivity index (χ4v) is 2.59. The highest BCUT2D eigenvalue weighted by Crippen LogP contribution is 2.25. The Kier molecular flexibility index (Phi) is 4.38. The highest BCUT2D eigenvalue weighted by molar-refractivity contribution is 7.89. The van der Waals surface area contributed by atoms with Crippen LogP contribution in [0.25, 0.3) is 0 Å². The van der Waals surface area contributed by atoms with E-state index in [2.05, 4.69) is 4.72 Å². The zero-order valence-electron chi connectivity index (χ0n) is 10.8. The molecule has 0 saturated carbocycles. The Balaban J connectivity index is 3.28. The molecule has 0 bridgehead atoms. The van der Waals surface area contributed by atoms with Gasteiger partial charge in [-0.15, -0.1) is 0 Å². The van der Waals surface area contributed by atoms with Crippen molar-refractivity contribution in [1.82, 2.24) is 4.72 Å². The van der Waals surface area contributed by atoms with E-state index in [1.165, 1.54) is 13.0 Å². The first kappa shape index (κ1) is 15.3. The van der Waals surface area contributed by atoms with Crippen molar-refractivity contribution in [3.8, 4) is 0 Å². The molecule has 1 rings (SSSR count). The molecule has 1 N–H and O–H groups in total. The summed E-state index contributed by atoms with van der Waals surface area (Å²) >= 11 is 0. The third kappa shape index (κ3) is 3.58. The van der Waals surface area contributed by atoms with Crippen LogP contribution in [0.5, 0.6) is 0 Å². The van der Waals surface area contributed by atoms with Gasteiger partial charge in [-0.05, 0) is 32.4 Å². The lowest BCUT2D eigenvalue weighted by atomic mass is 10.1. The summed E-state index contributed by atoms with van der Waals surface area (Å²) in [7, 11) is -3.93. The van der Waals surface area contributed by atoms with Gasteiger partial charge in [0.1, 0.15) is 5.78 Å². The minimum Gasteiger partial charge on any atom is -0.299 e. The smallest absolute Gasteiger partial charge is 0.273 e. The molecule has 0 aromatic heterocycles. The van der Waals surface area contributed by atoms with Gasteiger partial charge in [0.2, 0.25) is 10.0 Å². The molecule has 19 heavy (non-hydrogen) atoms. The monoisotopic (exact) mass is 286 g/mol. The summed E-state index contributed by atoms with van der Waals surface area (Å²) in [6.45, 7) is 4.04. The maximum Gasteiger partial charge on any atom is 0.273 e. The van der Waals surface area contributed by atoms with Crippen LogP contribution in [0, 0.1) is 24.0 Å². The molecule has 0 unspecified atom stereocenters. The van der Waals surface area contributed by atoms with E-state index in [0.29, 0.717) is 11.1 Å². The van der Waals surface area contributed by atoms with Gasteiger partial charge in [0.15, 0.2) is 0 Å². The van der Waals surface area contributed by atoms with Gasteiger partial charge in [-0.2, -0.15) is 0 Å². The van der Waals surface area contributed by atoms with Crippen molar-refractivity contribution in [2.24, 2.45) is 0 Å². The fourth-order valence-electron chi connectivity index (χ4n) is 1.43. The first-order valence-corrected chi connectivity index (χ1v) is 6.88. The molecule has 104 valence electrons. The first-order chi connectivity index (χ1) is 8.65. The quantitative estimate of drug-likeness (QED) is 0.644. The van der Waals surface area contributed by atoms with Crippen molar-refractivity contribution in [2.75, 3.05) is 6.54 Å². The van der Waals surface area contributed by atoms with E-state index in [1.54, 1.807) is 13.8 Å². The number of hydrogen-bond acceptors (Lipinski definition) is 5. The van der Waals surface area contributed by atoms with Crippen LogP contribution in [0.4, 0.5) is 5.69 Å². The molecule has 7 nitrogen and oxygen atoms in total. The number of aryl methyl sites for hydroxylation is 1. The number of ketones is 1. The van der Waals surface area contributed by atoms with E-state index in [-0.39, 0.29) is 22.9 Å². The Bertz CT molecular complexity index is 637. The molecule has 0 spiro atoms. The second-order valence-corrected chi connectivity index (χ2v) is 5.93. The molecular formula is C11H14N2O5S. The number of nitro groups is 1. The highest BCUT2D eigenvalue weighted by Gasteiger charge is 2.21. The number of sulfonamides is 1. The maximum absolute atomic E-state index is 11.9. The van der Waals surface area contributed by atoms with Crippen LogP contribution in [0.3, 0.4) is 0 Å². The fraction of sp³-hybridized carbons (Fsp3) is 0.364. The lowest BCUT2D eigenvalue weighted by Gasteiger charge is -2.08. The van der Waals surface area contributed by atoms with Crippen LogP contribution in [0.2, 0.25) is 0 Å². The number of carbonyl (C=O) groups is 1. The Morgan fingerprint density at radius 2 is 1.95 bits per heavy atom. The highest BCUT2D eigenvalue weighted by atomic mass is 32.2. The van der Waals surface area contributed by atoms with Gasteiger partial charge in [0.05, 0.1) is 16.4 Å². The molecule has 0 atom stereocenters. The van der Waals surface area contributed by atoms with E-state index < -0.39 is 14.9 Å².